The maximum absolute atomic E-state index is 11.4. The van der Waals surface area contributed by atoms with Gasteiger partial charge in [-0.05, 0) is 49.5 Å². The van der Waals surface area contributed by atoms with Crippen LogP contribution in [-0.2, 0) is 16.0 Å². The highest BCUT2D eigenvalue weighted by atomic mass is 16.5. The lowest BCUT2D eigenvalue weighted by Crippen LogP contribution is -2.43. The van der Waals surface area contributed by atoms with E-state index in [-0.39, 0.29) is 11.5 Å². The third-order valence-corrected chi connectivity index (χ3v) is 4.55. The third-order valence-electron chi connectivity index (χ3n) is 4.55. The summed E-state index contributed by atoms with van der Waals surface area (Å²) in [6, 6.07) is 17.8. The number of aliphatic hydroxyl groups is 1. The highest BCUT2D eigenvalue weighted by Crippen LogP contribution is 2.19. The summed E-state index contributed by atoms with van der Waals surface area (Å²) in [5.74, 6) is -0.348. The zero-order chi connectivity index (χ0) is 19.9. The molecule has 1 unspecified atom stereocenters. The average molecular weight is 367 g/mol. The van der Waals surface area contributed by atoms with Crippen LogP contribution in [0.1, 0.15) is 43.6 Å². The van der Waals surface area contributed by atoms with Crippen LogP contribution in [0.5, 0.6) is 0 Å². The van der Waals surface area contributed by atoms with Crippen molar-refractivity contribution in [2.75, 3.05) is 13.7 Å². The van der Waals surface area contributed by atoms with Gasteiger partial charge in [0, 0.05) is 18.2 Å². The van der Waals surface area contributed by atoms with Gasteiger partial charge < -0.3 is 15.2 Å². The lowest BCUT2D eigenvalue weighted by molar-refractivity contribution is -0.134. The summed E-state index contributed by atoms with van der Waals surface area (Å²) in [7, 11) is 1.37. The van der Waals surface area contributed by atoms with Gasteiger partial charge in [0.05, 0.1) is 13.2 Å². The summed E-state index contributed by atoms with van der Waals surface area (Å²) in [6.07, 6.45) is 1.79. The predicted octanol–water partition coefficient (Wildman–Crippen LogP) is 3.91. The van der Waals surface area contributed by atoms with E-state index in [1.165, 1.54) is 18.7 Å². The van der Waals surface area contributed by atoms with Crippen molar-refractivity contribution in [3.05, 3.63) is 77.4 Å². The minimum Gasteiger partial charge on any atom is -0.466 e. The fraction of sp³-hybridized carbons (Fsp3) is 0.348. The molecular weight excluding hydrogens is 338 g/mol. The third kappa shape index (κ3) is 6.66. The zero-order valence-corrected chi connectivity index (χ0v) is 16.5. The molecule has 1 atom stereocenters. The van der Waals surface area contributed by atoms with Gasteiger partial charge in [-0.25, -0.2) is 4.79 Å². The second-order valence-electron chi connectivity index (χ2n) is 7.42. The van der Waals surface area contributed by atoms with Crippen molar-refractivity contribution >= 4 is 11.5 Å². The molecule has 0 spiro atoms. The number of benzene rings is 2. The average Bonchev–Trinajstić information content (AvgIpc) is 2.67. The van der Waals surface area contributed by atoms with E-state index in [2.05, 4.69) is 36.0 Å². The molecule has 0 heterocycles. The summed E-state index contributed by atoms with van der Waals surface area (Å²) in [5.41, 5.74) is 3.81. The Hall–Kier alpha value is -2.43. The molecule has 0 aliphatic heterocycles. The van der Waals surface area contributed by atoms with Crippen LogP contribution in [0.25, 0.3) is 5.57 Å². The molecule has 27 heavy (non-hydrogen) atoms. The molecule has 2 aromatic carbocycles. The number of methoxy groups -OCH3 is 1. The molecule has 4 heteroatoms. The topological polar surface area (TPSA) is 58.6 Å². The van der Waals surface area contributed by atoms with Gasteiger partial charge in [0.1, 0.15) is 0 Å². The van der Waals surface area contributed by atoms with Gasteiger partial charge in [-0.3, -0.25) is 0 Å². The molecule has 0 amide bonds. The summed E-state index contributed by atoms with van der Waals surface area (Å²) >= 11 is 0. The summed E-state index contributed by atoms with van der Waals surface area (Å²) < 4.78 is 4.67. The van der Waals surface area contributed by atoms with Crippen molar-refractivity contribution in [3.63, 3.8) is 0 Å². The number of hydrogen-bond acceptors (Lipinski definition) is 4. The molecule has 0 aliphatic carbocycles. The van der Waals surface area contributed by atoms with E-state index in [4.69, 9.17) is 0 Å². The highest BCUT2D eigenvalue weighted by Gasteiger charge is 2.19. The van der Waals surface area contributed by atoms with Crippen LogP contribution >= 0.6 is 0 Å². The number of rotatable bonds is 8. The van der Waals surface area contributed by atoms with Crippen molar-refractivity contribution in [3.8, 4) is 0 Å². The smallest absolute Gasteiger partial charge is 0.330 e. The molecule has 0 aromatic heterocycles. The summed E-state index contributed by atoms with van der Waals surface area (Å²) in [4.78, 5) is 11.4. The van der Waals surface area contributed by atoms with Crippen LogP contribution < -0.4 is 5.32 Å². The lowest BCUT2D eigenvalue weighted by Gasteiger charge is -2.28. The van der Waals surface area contributed by atoms with Crippen molar-refractivity contribution < 1.29 is 14.6 Å². The Balaban J connectivity index is 1.94. The lowest BCUT2D eigenvalue weighted by atomic mass is 9.93. The number of allylic oxidation sites excluding steroid dienone is 1. The van der Waals surface area contributed by atoms with Crippen molar-refractivity contribution in [1.29, 1.82) is 0 Å². The largest absolute Gasteiger partial charge is 0.466 e. The maximum Gasteiger partial charge on any atom is 0.330 e. The fourth-order valence-corrected chi connectivity index (χ4v) is 2.94. The van der Waals surface area contributed by atoms with Crippen molar-refractivity contribution in [2.24, 2.45) is 0 Å². The van der Waals surface area contributed by atoms with Gasteiger partial charge in [0.2, 0.25) is 0 Å². The number of ether oxygens (including phenoxy) is 1. The number of nitrogens with one attached hydrogen (secondary N) is 1. The van der Waals surface area contributed by atoms with E-state index in [0.717, 1.165) is 23.1 Å². The first-order valence-corrected chi connectivity index (χ1v) is 9.14. The molecule has 2 N–H and O–H groups in total. The Morgan fingerprint density at radius 1 is 1.15 bits per heavy atom. The second kappa shape index (κ2) is 9.49. The van der Waals surface area contributed by atoms with E-state index in [1.54, 1.807) is 0 Å². The van der Waals surface area contributed by atoms with Gasteiger partial charge in [0.15, 0.2) is 0 Å². The second-order valence-corrected chi connectivity index (χ2v) is 7.42. The van der Waals surface area contributed by atoms with Gasteiger partial charge in [-0.1, -0.05) is 54.6 Å². The number of hydrogen-bond donors (Lipinski definition) is 2. The van der Waals surface area contributed by atoms with E-state index in [1.807, 2.05) is 49.4 Å². The molecule has 0 saturated heterocycles. The van der Waals surface area contributed by atoms with Crippen molar-refractivity contribution in [1.82, 2.24) is 5.32 Å². The van der Waals surface area contributed by atoms with Gasteiger partial charge >= 0.3 is 5.97 Å². The summed E-state index contributed by atoms with van der Waals surface area (Å²) in [5, 5.41) is 13.8. The molecular formula is C23H29NO3. The number of aliphatic hydroxyl groups excluding tert-OH is 1. The molecule has 0 bridgehead atoms. The Morgan fingerprint density at radius 3 is 2.37 bits per heavy atom. The first-order valence-electron chi connectivity index (χ1n) is 9.14. The Bertz CT molecular complexity index is 764. The Labute approximate surface area is 161 Å². The van der Waals surface area contributed by atoms with E-state index in [9.17, 15) is 9.90 Å². The first-order chi connectivity index (χ1) is 12.8. The van der Waals surface area contributed by atoms with Crippen LogP contribution in [0.2, 0.25) is 0 Å². The minimum atomic E-state index is -0.529. The van der Waals surface area contributed by atoms with E-state index < -0.39 is 6.10 Å². The Morgan fingerprint density at radius 2 is 1.78 bits per heavy atom. The van der Waals surface area contributed by atoms with Crippen LogP contribution in [0.15, 0.2) is 60.7 Å². The van der Waals surface area contributed by atoms with Crippen LogP contribution in [0.3, 0.4) is 0 Å². The Kier molecular flexibility index (Phi) is 7.34. The van der Waals surface area contributed by atoms with E-state index >= 15 is 0 Å². The molecule has 0 fully saturated rings. The normalized spacial score (nSPS) is 13.3. The molecule has 0 aliphatic rings. The van der Waals surface area contributed by atoms with Crippen LogP contribution in [0, 0.1) is 0 Å². The monoisotopic (exact) mass is 367 g/mol. The molecule has 4 nitrogen and oxygen atoms in total. The van der Waals surface area contributed by atoms with Crippen molar-refractivity contribution in [2.45, 2.75) is 38.8 Å². The fourth-order valence-electron chi connectivity index (χ4n) is 2.94. The molecule has 2 aromatic rings. The minimum absolute atomic E-state index is 0.159. The molecule has 144 valence electrons. The quantitative estimate of drug-likeness (QED) is 0.549. The zero-order valence-electron chi connectivity index (χ0n) is 16.5. The molecule has 0 saturated carbocycles. The number of carbonyl (C=O) groups is 1. The van der Waals surface area contributed by atoms with Crippen LogP contribution in [-0.4, -0.2) is 30.3 Å². The van der Waals surface area contributed by atoms with Gasteiger partial charge in [0.25, 0.3) is 0 Å². The van der Waals surface area contributed by atoms with Gasteiger partial charge in [-0.2, -0.15) is 0 Å². The summed E-state index contributed by atoms with van der Waals surface area (Å²) in [6.45, 7) is 6.64. The number of carbonyl (C=O) groups excluding carboxylic acids is 1. The highest BCUT2D eigenvalue weighted by molar-refractivity contribution is 5.90. The molecule has 0 radical (unpaired) electrons. The predicted molar refractivity (Wildman–Crippen MR) is 109 cm³/mol. The van der Waals surface area contributed by atoms with Gasteiger partial charge in [-0.15, -0.1) is 0 Å². The standard InChI is InChI=1S/C23H29NO3/c1-17(14-22(26)27-4)19-12-10-18(11-13-19)15-23(2,3)24-16-21(25)20-8-6-5-7-9-20/h5-14,21,24-25H,15-16H2,1-4H3/b17-14+. The van der Waals surface area contributed by atoms with Crippen LogP contribution in [0.4, 0.5) is 0 Å². The first kappa shape index (κ1) is 20.9. The maximum atomic E-state index is 11.4. The molecule has 2 rings (SSSR count). The SMILES string of the molecule is COC(=O)/C=C(\C)c1ccc(CC(C)(C)NCC(O)c2ccccc2)cc1. The van der Waals surface area contributed by atoms with E-state index in [0.29, 0.717) is 6.54 Å². The number of esters is 1. The number of β-amino-alcohol motifs (C(OH)–C–C–N with tert-alkyl or cyclic N) is 1.